The van der Waals surface area contributed by atoms with Crippen molar-refractivity contribution in [2.75, 3.05) is 6.61 Å². The number of nitrogens with two attached hydrogens (primary N) is 1. The van der Waals surface area contributed by atoms with Crippen LogP contribution in [0.25, 0.3) is 0 Å². The molecule has 0 saturated carbocycles. The van der Waals surface area contributed by atoms with Crippen LogP contribution in [0, 0.1) is 0 Å². The molecule has 4 heteroatoms. The van der Waals surface area contributed by atoms with Gasteiger partial charge in [-0.25, -0.2) is 9.79 Å². The minimum absolute atomic E-state index is 0.247. The Kier molecular flexibility index (Phi) is 2.87. The molecule has 40 valence electrons. The monoisotopic (exact) mass is 102 g/mol. The highest BCUT2D eigenvalue weighted by molar-refractivity contribution is 5.82. The van der Waals surface area contributed by atoms with E-state index in [1.54, 1.807) is 0 Å². The minimum Gasteiger partial charge on any atom is -0.391 e. The molecule has 0 spiro atoms. The molecule has 0 aliphatic heterocycles. The van der Waals surface area contributed by atoms with E-state index in [2.05, 4.69) is 10.7 Å². The van der Waals surface area contributed by atoms with Crippen molar-refractivity contribution in [2.24, 2.45) is 10.7 Å². The highest BCUT2D eigenvalue weighted by atomic mass is 16.3. The molecule has 0 aromatic carbocycles. The Morgan fingerprint density at radius 3 is 2.71 bits per heavy atom. The van der Waals surface area contributed by atoms with Crippen LogP contribution in [0.4, 0.5) is 4.79 Å². The molecule has 3 N–H and O–H groups in total. The van der Waals surface area contributed by atoms with Crippen molar-refractivity contribution in [1.29, 1.82) is 0 Å². The van der Waals surface area contributed by atoms with E-state index in [9.17, 15) is 4.79 Å². The number of nitrogens with zero attached hydrogens (tertiary/aromatic N) is 1. The second-order valence-corrected chi connectivity index (χ2v) is 0.832. The highest BCUT2D eigenvalue weighted by Crippen LogP contribution is 1.60. The molecule has 0 atom stereocenters. The largest absolute Gasteiger partial charge is 0.391 e. The Morgan fingerprint density at radius 1 is 2.00 bits per heavy atom. The topological polar surface area (TPSA) is 75.7 Å². The van der Waals surface area contributed by atoms with Crippen LogP contribution in [0.5, 0.6) is 0 Å². The van der Waals surface area contributed by atoms with Crippen molar-refractivity contribution in [3.05, 3.63) is 0 Å². The zero-order chi connectivity index (χ0) is 5.70. The van der Waals surface area contributed by atoms with E-state index in [4.69, 9.17) is 5.11 Å². The van der Waals surface area contributed by atoms with Gasteiger partial charge >= 0.3 is 6.03 Å². The predicted octanol–water partition coefficient (Wildman–Crippen LogP) is -0.872. The summed E-state index contributed by atoms with van der Waals surface area (Å²) in [5.41, 5.74) is 4.53. The summed E-state index contributed by atoms with van der Waals surface area (Å²) < 4.78 is 0. The summed E-state index contributed by atoms with van der Waals surface area (Å²) >= 11 is 0. The summed E-state index contributed by atoms with van der Waals surface area (Å²) in [5, 5.41) is 7.96. The summed E-state index contributed by atoms with van der Waals surface area (Å²) in [5.74, 6) is 0. The lowest BCUT2D eigenvalue weighted by Gasteiger charge is -1.75. The molecule has 4 nitrogen and oxygen atoms in total. The average Bonchev–Trinajstić information content (AvgIpc) is 1.61. The molecule has 0 aliphatic carbocycles. The van der Waals surface area contributed by atoms with Crippen LogP contribution in [0.1, 0.15) is 0 Å². The Labute approximate surface area is 40.7 Å². The summed E-state index contributed by atoms with van der Waals surface area (Å²) in [6, 6.07) is -0.783. The minimum atomic E-state index is -0.783. The normalized spacial score (nSPS) is 9.86. The fourth-order valence-corrected chi connectivity index (χ4v) is 0.131. The number of rotatable bonds is 1. The first kappa shape index (κ1) is 6.10. The number of hydrogen-bond donors (Lipinski definition) is 2. The smallest absolute Gasteiger partial charge is 0.338 e. The van der Waals surface area contributed by atoms with E-state index in [1.807, 2.05) is 0 Å². The van der Waals surface area contributed by atoms with Crippen LogP contribution in [-0.4, -0.2) is 24.0 Å². The van der Waals surface area contributed by atoms with E-state index >= 15 is 0 Å². The third-order valence-electron chi connectivity index (χ3n) is 0.300. The molecule has 0 unspecified atom stereocenters. The molecule has 0 saturated heterocycles. The van der Waals surface area contributed by atoms with Gasteiger partial charge in [0, 0.05) is 6.21 Å². The molecule has 0 rings (SSSR count). The lowest BCUT2D eigenvalue weighted by molar-refractivity contribution is 0.256. The van der Waals surface area contributed by atoms with Crippen LogP contribution >= 0.6 is 0 Å². The van der Waals surface area contributed by atoms with Gasteiger partial charge in [-0.1, -0.05) is 0 Å². The van der Waals surface area contributed by atoms with Gasteiger partial charge in [0.05, 0.1) is 6.61 Å². The molecular weight excluding hydrogens is 96.0 g/mol. The Hall–Kier alpha value is -0.900. The molecule has 0 fully saturated rings. The molecule has 7 heavy (non-hydrogen) atoms. The fourth-order valence-electron chi connectivity index (χ4n) is 0.131. The molecule has 0 bridgehead atoms. The number of urea groups is 1. The van der Waals surface area contributed by atoms with Crippen molar-refractivity contribution in [1.82, 2.24) is 0 Å². The van der Waals surface area contributed by atoms with Crippen molar-refractivity contribution in [3.63, 3.8) is 0 Å². The quantitative estimate of drug-likeness (QED) is 0.422. The van der Waals surface area contributed by atoms with E-state index in [0.29, 0.717) is 0 Å². The van der Waals surface area contributed by atoms with E-state index in [1.165, 1.54) is 0 Å². The number of hydrogen-bond acceptors (Lipinski definition) is 2. The maximum absolute atomic E-state index is 9.67. The van der Waals surface area contributed by atoms with Gasteiger partial charge in [0.1, 0.15) is 0 Å². The molecule has 0 aromatic heterocycles. The lowest BCUT2D eigenvalue weighted by Crippen LogP contribution is -2.04. The maximum Gasteiger partial charge on any atom is 0.338 e. The van der Waals surface area contributed by atoms with Gasteiger partial charge < -0.3 is 10.8 Å². The summed E-state index contributed by atoms with van der Waals surface area (Å²) in [7, 11) is 0. The van der Waals surface area contributed by atoms with Crippen molar-refractivity contribution < 1.29 is 9.90 Å². The molecule has 2 amide bonds. The fraction of sp³-hybridized carbons (Fsp3) is 0.333. The molecule has 0 aliphatic rings. The Morgan fingerprint density at radius 2 is 2.57 bits per heavy atom. The number of aliphatic imine (C=N–C) groups is 1. The van der Waals surface area contributed by atoms with Gasteiger partial charge in [-0.05, 0) is 0 Å². The Balaban J connectivity index is 3.26. The van der Waals surface area contributed by atoms with Crippen molar-refractivity contribution in [3.8, 4) is 0 Å². The van der Waals surface area contributed by atoms with Crippen LogP contribution < -0.4 is 5.73 Å². The summed E-state index contributed by atoms with van der Waals surface area (Å²) in [4.78, 5) is 12.7. The van der Waals surface area contributed by atoms with E-state index in [-0.39, 0.29) is 6.61 Å². The lowest BCUT2D eigenvalue weighted by atomic mass is 10.8. The number of aliphatic hydroxyl groups is 1. The van der Waals surface area contributed by atoms with E-state index < -0.39 is 6.03 Å². The first-order valence-electron chi connectivity index (χ1n) is 1.70. The number of carbonyl (C=O) groups excluding carboxylic acids is 1. The second kappa shape index (κ2) is 3.30. The molecule has 0 radical (unpaired) electrons. The van der Waals surface area contributed by atoms with Crippen LogP contribution in [0.15, 0.2) is 4.99 Å². The second-order valence-electron chi connectivity index (χ2n) is 0.832. The summed E-state index contributed by atoms with van der Waals surface area (Å²) in [6.07, 6.45) is 1.03. The number of primary amides is 1. The SMILES string of the molecule is NC(=O)N=CCO. The standard InChI is InChI=1S/C3H6N2O2/c4-3(7)5-1-2-6/h1,6H,2H2,(H2,4,7). The van der Waals surface area contributed by atoms with Gasteiger partial charge in [-0.2, -0.15) is 0 Å². The number of amides is 2. The van der Waals surface area contributed by atoms with Crippen molar-refractivity contribution in [2.45, 2.75) is 0 Å². The molecular formula is C3H6N2O2. The van der Waals surface area contributed by atoms with Gasteiger partial charge in [-0.15, -0.1) is 0 Å². The zero-order valence-electron chi connectivity index (χ0n) is 3.66. The van der Waals surface area contributed by atoms with Gasteiger partial charge in [-0.3, -0.25) is 0 Å². The van der Waals surface area contributed by atoms with E-state index in [0.717, 1.165) is 6.21 Å². The van der Waals surface area contributed by atoms with Gasteiger partial charge in [0.2, 0.25) is 0 Å². The third kappa shape index (κ3) is 5.10. The molecule has 0 aromatic rings. The predicted molar refractivity (Wildman–Crippen MR) is 25.2 cm³/mol. The average molecular weight is 102 g/mol. The van der Waals surface area contributed by atoms with Crippen molar-refractivity contribution >= 4 is 12.2 Å². The first-order valence-corrected chi connectivity index (χ1v) is 1.70. The number of aliphatic hydroxyl groups excluding tert-OH is 1. The first-order chi connectivity index (χ1) is 3.27. The number of carbonyl (C=O) groups is 1. The maximum atomic E-state index is 9.67. The van der Waals surface area contributed by atoms with Crippen LogP contribution in [0.2, 0.25) is 0 Å². The van der Waals surface area contributed by atoms with Crippen LogP contribution in [-0.2, 0) is 0 Å². The summed E-state index contributed by atoms with van der Waals surface area (Å²) in [6.45, 7) is -0.247. The third-order valence-corrected chi connectivity index (χ3v) is 0.300. The Bertz CT molecular complexity index is 88.9. The zero-order valence-corrected chi connectivity index (χ0v) is 3.66. The highest BCUT2D eigenvalue weighted by Gasteiger charge is 1.77. The van der Waals surface area contributed by atoms with Gasteiger partial charge in [0.25, 0.3) is 0 Å². The van der Waals surface area contributed by atoms with Crippen LogP contribution in [0.3, 0.4) is 0 Å². The van der Waals surface area contributed by atoms with Gasteiger partial charge in [0.15, 0.2) is 0 Å². The molecule has 0 heterocycles.